The summed E-state index contributed by atoms with van der Waals surface area (Å²) in [5.74, 6) is 0.657. The van der Waals surface area contributed by atoms with Crippen LogP contribution in [0.2, 0.25) is 0 Å². The number of esters is 1. The lowest BCUT2D eigenvalue weighted by Gasteiger charge is -2.25. The summed E-state index contributed by atoms with van der Waals surface area (Å²) in [4.78, 5) is 32.0. The highest BCUT2D eigenvalue weighted by Gasteiger charge is 2.33. The van der Waals surface area contributed by atoms with Crippen molar-refractivity contribution < 1.29 is 14.3 Å². The van der Waals surface area contributed by atoms with Crippen LogP contribution in [0.5, 0.6) is 5.75 Å². The molecule has 2 heterocycles. The van der Waals surface area contributed by atoms with E-state index in [1.54, 1.807) is 32.4 Å². The van der Waals surface area contributed by atoms with E-state index in [0.717, 1.165) is 11.1 Å². The van der Waals surface area contributed by atoms with Crippen LogP contribution in [0.25, 0.3) is 6.08 Å². The summed E-state index contributed by atoms with van der Waals surface area (Å²) < 4.78 is 13.0. The van der Waals surface area contributed by atoms with Crippen molar-refractivity contribution in [2.75, 3.05) is 7.11 Å². The van der Waals surface area contributed by atoms with Gasteiger partial charge >= 0.3 is 5.97 Å². The molecule has 0 spiro atoms. The number of allylic oxidation sites excluding steroid dienone is 1. The van der Waals surface area contributed by atoms with Gasteiger partial charge in [-0.15, -0.1) is 0 Å². The fourth-order valence-electron chi connectivity index (χ4n) is 4.09. The van der Waals surface area contributed by atoms with Crippen LogP contribution in [0.3, 0.4) is 0 Å². The molecule has 0 aliphatic carbocycles. The molecular weight excluding hydrogens is 460 g/mol. The molecule has 0 amide bonds. The molecule has 0 saturated carbocycles. The highest BCUT2D eigenvalue weighted by molar-refractivity contribution is 7.07. The number of nitrogens with zero attached hydrogens (tertiary/aromatic N) is 2. The van der Waals surface area contributed by atoms with E-state index in [1.807, 2.05) is 42.5 Å². The molecule has 2 aromatic carbocycles. The normalized spacial score (nSPS) is 15.9. The van der Waals surface area contributed by atoms with Gasteiger partial charge in [-0.25, -0.2) is 9.79 Å². The first-order valence-electron chi connectivity index (χ1n) is 11.7. The molecule has 0 radical (unpaired) electrons. The van der Waals surface area contributed by atoms with E-state index in [9.17, 15) is 9.59 Å². The monoisotopic (exact) mass is 490 g/mol. The summed E-state index contributed by atoms with van der Waals surface area (Å²) in [5.41, 5.74) is 3.69. The van der Waals surface area contributed by atoms with Crippen molar-refractivity contribution in [1.82, 2.24) is 4.57 Å². The van der Waals surface area contributed by atoms with Gasteiger partial charge in [0.05, 0.1) is 35.1 Å². The third kappa shape index (κ3) is 5.00. The number of fused-ring (bicyclic) bond motifs is 1. The molecule has 1 atom stereocenters. The molecule has 6 nitrogen and oxygen atoms in total. The van der Waals surface area contributed by atoms with E-state index < -0.39 is 12.0 Å². The Morgan fingerprint density at radius 1 is 1.06 bits per heavy atom. The molecule has 1 aliphatic rings. The molecule has 182 valence electrons. The SMILES string of the molecule is COc1ccc(C2C(C(=O)OC(C)C)=C(C)N=c3s/c(=C\c4ccc(C(C)C)cc4)c(=O)n32)cc1. The van der Waals surface area contributed by atoms with Gasteiger partial charge in [0, 0.05) is 0 Å². The Balaban J connectivity index is 1.88. The number of hydrogen-bond donors (Lipinski definition) is 0. The van der Waals surface area contributed by atoms with E-state index in [-0.39, 0.29) is 11.7 Å². The van der Waals surface area contributed by atoms with Crippen molar-refractivity contribution in [1.29, 1.82) is 0 Å². The van der Waals surface area contributed by atoms with E-state index in [0.29, 0.717) is 32.3 Å². The molecule has 35 heavy (non-hydrogen) atoms. The second-order valence-electron chi connectivity index (χ2n) is 9.13. The molecule has 3 aromatic rings. The zero-order valence-corrected chi connectivity index (χ0v) is 21.7. The largest absolute Gasteiger partial charge is 0.497 e. The van der Waals surface area contributed by atoms with Crippen LogP contribution in [0, 0.1) is 0 Å². The summed E-state index contributed by atoms with van der Waals surface area (Å²) in [6, 6.07) is 14.9. The fraction of sp³-hybridized carbons (Fsp3) is 0.321. The molecular formula is C28H30N2O4S. The third-order valence-corrected chi connectivity index (χ3v) is 6.90. The maximum absolute atomic E-state index is 13.7. The first-order valence-corrected chi connectivity index (χ1v) is 12.5. The average Bonchev–Trinajstić information content (AvgIpc) is 3.12. The van der Waals surface area contributed by atoms with Crippen LogP contribution in [-0.2, 0) is 9.53 Å². The molecule has 0 bridgehead atoms. The second-order valence-corrected chi connectivity index (χ2v) is 10.1. The quantitative estimate of drug-likeness (QED) is 0.483. The Morgan fingerprint density at radius 2 is 1.71 bits per heavy atom. The maximum Gasteiger partial charge on any atom is 0.338 e. The molecule has 4 rings (SSSR count). The van der Waals surface area contributed by atoms with Gasteiger partial charge in [0.25, 0.3) is 5.56 Å². The summed E-state index contributed by atoms with van der Waals surface area (Å²) >= 11 is 1.32. The molecule has 1 unspecified atom stereocenters. The lowest BCUT2D eigenvalue weighted by Crippen LogP contribution is -2.40. The minimum atomic E-state index is -0.645. The van der Waals surface area contributed by atoms with Crippen molar-refractivity contribution >= 4 is 23.4 Å². The van der Waals surface area contributed by atoms with Crippen LogP contribution in [-0.4, -0.2) is 23.8 Å². The molecule has 0 fully saturated rings. The molecule has 1 aromatic heterocycles. The van der Waals surface area contributed by atoms with Gasteiger partial charge in [0.1, 0.15) is 5.75 Å². The predicted octanol–water partition coefficient (Wildman–Crippen LogP) is 4.32. The van der Waals surface area contributed by atoms with Crippen molar-refractivity contribution in [3.05, 3.63) is 96.2 Å². The number of benzene rings is 2. The average molecular weight is 491 g/mol. The third-order valence-electron chi connectivity index (χ3n) is 5.92. The first-order chi connectivity index (χ1) is 16.7. The van der Waals surface area contributed by atoms with E-state index in [1.165, 1.54) is 16.9 Å². The Kier molecular flexibility index (Phi) is 7.08. The van der Waals surface area contributed by atoms with Crippen molar-refractivity contribution in [2.24, 2.45) is 4.99 Å². The van der Waals surface area contributed by atoms with E-state index in [2.05, 4.69) is 31.0 Å². The number of rotatable bonds is 6. The number of methoxy groups -OCH3 is 1. The second kappa shape index (κ2) is 10.0. The predicted molar refractivity (Wildman–Crippen MR) is 139 cm³/mol. The maximum atomic E-state index is 13.7. The number of thiazole rings is 1. The number of hydrogen-bond acceptors (Lipinski definition) is 6. The summed E-state index contributed by atoms with van der Waals surface area (Å²) in [6.07, 6.45) is 1.59. The summed E-state index contributed by atoms with van der Waals surface area (Å²) in [6.45, 7) is 9.69. The number of carbonyl (C=O) groups excluding carboxylic acids is 1. The van der Waals surface area contributed by atoms with Gasteiger partial charge in [0.2, 0.25) is 0 Å². The zero-order chi connectivity index (χ0) is 25.3. The van der Waals surface area contributed by atoms with Crippen LogP contribution < -0.4 is 19.6 Å². The first kappa shape index (κ1) is 24.7. The smallest absolute Gasteiger partial charge is 0.338 e. The Bertz CT molecular complexity index is 1440. The minimum absolute atomic E-state index is 0.190. The highest BCUT2D eigenvalue weighted by atomic mass is 32.1. The van der Waals surface area contributed by atoms with Crippen LogP contribution in [0.4, 0.5) is 0 Å². The minimum Gasteiger partial charge on any atom is -0.497 e. The van der Waals surface area contributed by atoms with Gasteiger partial charge in [0.15, 0.2) is 4.80 Å². The van der Waals surface area contributed by atoms with Crippen molar-refractivity contribution in [3.8, 4) is 5.75 Å². The molecule has 0 saturated heterocycles. The van der Waals surface area contributed by atoms with Gasteiger partial charge in [-0.2, -0.15) is 0 Å². The number of ether oxygens (including phenoxy) is 2. The van der Waals surface area contributed by atoms with Crippen molar-refractivity contribution in [3.63, 3.8) is 0 Å². The van der Waals surface area contributed by atoms with E-state index in [4.69, 9.17) is 9.47 Å². The highest BCUT2D eigenvalue weighted by Crippen LogP contribution is 2.31. The Morgan fingerprint density at radius 3 is 2.29 bits per heavy atom. The summed E-state index contributed by atoms with van der Waals surface area (Å²) in [5, 5.41) is 0. The fourth-order valence-corrected chi connectivity index (χ4v) is 5.14. The van der Waals surface area contributed by atoms with Gasteiger partial charge < -0.3 is 9.47 Å². The van der Waals surface area contributed by atoms with Crippen LogP contribution in [0.15, 0.2) is 69.6 Å². The van der Waals surface area contributed by atoms with Gasteiger partial charge in [-0.05, 0) is 61.6 Å². The Labute approximate surface area is 208 Å². The lowest BCUT2D eigenvalue weighted by atomic mass is 9.96. The van der Waals surface area contributed by atoms with Gasteiger partial charge in [-0.1, -0.05) is 61.6 Å². The van der Waals surface area contributed by atoms with Crippen LogP contribution in [0.1, 0.15) is 63.3 Å². The van der Waals surface area contributed by atoms with E-state index >= 15 is 0 Å². The number of carbonyl (C=O) groups is 1. The molecule has 0 N–H and O–H groups in total. The zero-order valence-electron chi connectivity index (χ0n) is 20.9. The molecule has 1 aliphatic heterocycles. The Hall–Kier alpha value is -3.45. The topological polar surface area (TPSA) is 69.9 Å². The van der Waals surface area contributed by atoms with Crippen molar-refractivity contribution in [2.45, 2.75) is 52.7 Å². The molecule has 7 heteroatoms. The lowest BCUT2D eigenvalue weighted by molar-refractivity contribution is -0.143. The number of aromatic nitrogens is 1. The summed E-state index contributed by atoms with van der Waals surface area (Å²) in [7, 11) is 1.60. The van der Waals surface area contributed by atoms with Crippen LogP contribution >= 0.6 is 11.3 Å². The standard InChI is InChI=1S/C28H30N2O4S/c1-16(2)20-9-7-19(8-10-20)15-23-26(31)30-25(21-11-13-22(33-6)14-12-21)24(27(32)34-17(3)4)18(5)29-28(30)35-23/h7-17,25H,1-6H3/b23-15-. The van der Waals surface area contributed by atoms with Gasteiger partial charge in [-0.3, -0.25) is 9.36 Å².